The Labute approximate surface area is 1540 Å². The van der Waals surface area contributed by atoms with Crippen molar-refractivity contribution in [2.24, 2.45) is 7.05 Å². The monoisotopic (exact) mass is 13500 g/mol. The summed E-state index contributed by atoms with van der Waals surface area (Å²) in [7, 11) is 2.02. The van der Waals surface area contributed by atoms with Crippen molar-refractivity contribution in [3.8, 4) is 0 Å². The number of aromatic nitrogens is 1. The van der Waals surface area contributed by atoms with Gasteiger partial charge in [-0.3, -0.25) is 0 Å². The third-order valence-electron chi connectivity index (χ3n) is 1.24. The van der Waals surface area contributed by atoms with Crippen molar-refractivity contribution in [1.82, 2.24) is 0 Å². The van der Waals surface area contributed by atoms with Crippen LogP contribution in [0.25, 0.3) is 0 Å². The van der Waals surface area contributed by atoms with Gasteiger partial charge in [-0.25, -0.2) is 0 Å². The summed E-state index contributed by atoms with van der Waals surface area (Å²) in [6.07, 6.45) is 1.98. The fourth-order valence-corrected chi connectivity index (χ4v) is 0.543. The second kappa shape index (κ2) is 605. The largest absolute Gasteiger partial charge is 0.312 e. The van der Waals surface area contributed by atoms with Crippen molar-refractivity contribution in [2.75, 3.05) is 0 Å². The van der Waals surface area contributed by atoms with Gasteiger partial charge in [-0.1, -0.05) is 0 Å². The third-order valence-corrected chi connectivity index (χ3v) is 1.24. The number of rotatable bonds is 0. The van der Waals surface area contributed by atoms with E-state index in [1.54, 1.807) is 0 Å². The van der Waals surface area contributed by atoms with Crippen LogP contribution >= 0.6 is 0 Å². The van der Waals surface area contributed by atoms with Gasteiger partial charge >= 0.3 is 0 Å². The smallest absolute Gasteiger partial charge is 0.115 e. The molecule has 0 aromatic carbocycles. The molecule has 0 aliphatic carbocycles. The maximum absolute atomic E-state index is 2.98. The van der Waals surface area contributed by atoms with Crippen LogP contribution in [-0.2, 0) is 1540 Å². The van der Waals surface area contributed by atoms with Crippen LogP contribution in [0.1, 0.15) is 5.69 Å². The van der Waals surface area contributed by atoms with Gasteiger partial charge in [-0.05, 0) is 6.92 Å². The summed E-state index contributed by atoms with van der Waals surface area (Å²) in [5.41, 5.74) is 1.23. The van der Waals surface area contributed by atoms with Gasteiger partial charge in [-0.15, -0.1) is 12.1 Å². The molecule has 0 aliphatic heterocycles. The van der Waals surface area contributed by atoms with E-state index in [2.05, 4.69) is 17.6 Å². The molecule has 0 N–H and O–H groups in total. The molecule has 480 valence electrons. The van der Waals surface area contributed by atoms with Crippen LogP contribution in [0.4, 0.5) is 0 Å². The SMILES string of the molecule is Cc1c[c-]cc[n+]1C.[W].[W].[W].[W].[W].[W].[W].[W].[W].[W].[W].[W].[W].[W].[W].[W].[W].[W].[W].[W].[W].[W].[W].[W].[W].[W].[W].[W].[W].[W].[W].[W].[W].[W].[W].[W].[W].[W].[W].[W].[W].[W].[W].[W].[W].[W].[W].[W].[W].[W].[W].[W].[W].[W].[W].[W].[W].[W].[W].[W].[W].[W].[W].[W].[W].[W].[W].[W].[W].[W].[W].[W].[W]. The molecule has 1 nitrogen and oxygen atoms in total. The molecule has 1 aromatic rings. The molecular formula is C7H9NW73. The van der Waals surface area contributed by atoms with Crippen molar-refractivity contribution < 1.29 is 1540 Å². The Balaban J connectivity index is -0.000000000123. The Morgan fingerprint density at radius 3 is 0.284 bits per heavy atom. The van der Waals surface area contributed by atoms with E-state index in [0.717, 1.165) is 0 Å². The van der Waals surface area contributed by atoms with Gasteiger partial charge in [0.05, 0.1) is 11.9 Å². The molecule has 0 fully saturated rings. The number of hydrogen-bond donors (Lipinski definition) is 0. The zero-order chi connectivity index (χ0) is 5.98. The van der Waals surface area contributed by atoms with E-state index in [-0.39, 0.29) is 1540 Å². The summed E-state index contributed by atoms with van der Waals surface area (Å²) in [6.45, 7) is 2.05. The summed E-state index contributed by atoms with van der Waals surface area (Å²) in [4.78, 5) is 0. The first-order valence-corrected chi connectivity index (χ1v) is 2.63. The molecule has 0 bridgehead atoms. The molecule has 0 radical (unpaired) electrons. The van der Waals surface area contributed by atoms with Crippen molar-refractivity contribution >= 4 is 0 Å². The van der Waals surface area contributed by atoms with Gasteiger partial charge in [0.2, 0.25) is 0 Å². The standard InChI is InChI=1S/C7H9N.73W/c1-7-5-3-4-6-8(7)2;;;;;;;;;;;;;;;;;;;;;;;;;;;;;;;;;;;;;;;;;;;;;;;;;;;;;;;;;;;;;;;;;;;;;;;;;/h4-6H,1-2H3;;;;;;;;;;;;;;;;;;;;;;;;;;;;;;;;;;;;;;;;;;;;;;;;;;;;;;;;;;;;;;;;;;;;;;;;;. The fraction of sp³-hybridized carbons (Fsp3) is 0.286. The zero-order valence-corrected chi connectivity index (χ0v) is 249. The van der Waals surface area contributed by atoms with E-state index >= 15 is 0 Å². The topological polar surface area (TPSA) is 3.88 Å². The van der Waals surface area contributed by atoms with Crippen LogP contribution in [0, 0.1) is 13.0 Å². The van der Waals surface area contributed by atoms with E-state index in [1.165, 1.54) is 5.69 Å². The minimum Gasteiger partial charge on any atom is -0.312 e. The van der Waals surface area contributed by atoms with Gasteiger partial charge < -0.3 is 4.57 Å². The average molecular weight is 13500 g/mol. The molecule has 0 spiro atoms. The Morgan fingerprint density at radius 2 is 0.247 bits per heavy atom. The minimum atomic E-state index is 0. The number of aryl methyl sites for hydroxylation is 2. The third kappa shape index (κ3) is 576. The second-order valence-electron chi connectivity index (χ2n) is 1.88. The molecule has 1 heterocycles. The van der Waals surface area contributed by atoms with E-state index in [4.69, 9.17) is 0 Å². The first kappa shape index (κ1) is 663. The van der Waals surface area contributed by atoms with Gasteiger partial charge in [0.1, 0.15) is 7.05 Å². The Hall–Kier alpha value is 49.4. The molecule has 0 unspecified atom stereocenters. The van der Waals surface area contributed by atoms with Crippen LogP contribution in [-0.4, -0.2) is 0 Å². The van der Waals surface area contributed by atoms with Crippen LogP contribution in [0.15, 0.2) is 18.3 Å². The van der Waals surface area contributed by atoms with E-state index in [9.17, 15) is 0 Å². The first-order valence-electron chi connectivity index (χ1n) is 2.63. The summed E-state index contributed by atoms with van der Waals surface area (Å²) < 4.78 is 2.05. The van der Waals surface area contributed by atoms with Gasteiger partial charge in [-0.2, -0.15) is 6.07 Å². The van der Waals surface area contributed by atoms with Crippen LogP contribution in [0.2, 0.25) is 0 Å². The molecular weight excluding hydrogens is 13500 g/mol. The minimum absolute atomic E-state index is 0. The quantitative estimate of drug-likeness (QED) is 0.263. The van der Waals surface area contributed by atoms with Crippen molar-refractivity contribution in [3.63, 3.8) is 0 Å². The fourth-order valence-electron chi connectivity index (χ4n) is 0.543. The van der Waals surface area contributed by atoms with Crippen LogP contribution in [0.5, 0.6) is 0 Å². The van der Waals surface area contributed by atoms with E-state index < -0.39 is 0 Å². The molecule has 74 heteroatoms. The maximum Gasteiger partial charge on any atom is 0.115 e. The molecule has 0 saturated heterocycles. The van der Waals surface area contributed by atoms with Crippen LogP contribution in [0.3, 0.4) is 0 Å². The van der Waals surface area contributed by atoms with Gasteiger partial charge in [0.15, 0.2) is 0 Å². The Morgan fingerprint density at radius 1 is 0.173 bits per heavy atom. The predicted molar refractivity (Wildman–Crippen MR) is 31.2 cm³/mol. The number of nitrogens with zero attached hydrogens (tertiary/aromatic N) is 1. The summed E-state index contributed by atoms with van der Waals surface area (Å²) >= 11 is 0. The number of pyridine rings is 1. The summed E-state index contributed by atoms with van der Waals surface area (Å²) in [6, 6.07) is 6.83. The molecule has 0 aliphatic rings. The van der Waals surface area contributed by atoms with Crippen molar-refractivity contribution in [1.29, 1.82) is 0 Å². The molecule has 0 saturated carbocycles. The van der Waals surface area contributed by atoms with E-state index in [0.29, 0.717) is 0 Å². The summed E-state index contributed by atoms with van der Waals surface area (Å²) in [5, 5.41) is 0. The van der Waals surface area contributed by atoms with Crippen molar-refractivity contribution in [2.45, 2.75) is 6.92 Å². The molecule has 0 atom stereocenters. The maximum atomic E-state index is 2.98. The predicted octanol–water partition coefficient (Wildman–Crippen LogP) is 0.437. The van der Waals surface area contributed by atoms with E-state index in [1.807, 2.05) is 25.4 Å². The average Bonchev–Trinajstić information content (AvgIpc) is 1.77. The molecule has 1 aromatic heterocycles. The van der Waals surface area contributed by atoms with Crippen LogP contribution < -0.4 is 4.57 Å². The second-order valence-corrected chi connectivity index (χ2v) is 1.88. The number of hydrogen-bond acceptors (Lipinski definition) is 0. The Kier molecular flexibility index (Phi) is 4950. The normalized spacial score (nSPS) is 0.914. The van der Waals surface area contributed by atoms with Gasteiger partial charge in [0, 0.05) is 1540 Å². The molecule has 81 heavy (non-hydrogen) atoms. The summed E-state index contributed by atoms with van der Waals surface area (Å²) in [5.74, 6) is 0. The van der Waals surface area contributed by atoms with Crippen molar-refractivity contribution in [3.05, 3.63) is 30.1 Å². The van der Waals surface area contributed by atoms with Gasteiger partial charge in [0.25, 0.3) is 0 Å². The zero-order valence-electron chi connectivity index (χ0n) is 35.0. The molecule has 0 amide bonds. The Bertz CT molecular complexity index is 198. The first-order chi connectivity index (χ1) is 3.80. The molecule has 1 rings (SSSR count).